The molecule has 3 rings (SSSR count). The van der Waals surface area contributed by atoms with Gasteiger partial charge in [-0.1, -0.05) is 26.0 Å². The van der Waals surface area contributed by atoms with Crippen LogP contribution in [-0.2, 0) is 0 Å². The number of benzene rings is 1. The highest BCUT2D eigenvalue weighted by Gasteiger charge is 2.40. The molecular formula is C16H24N2. The summed E-state index contributed by atoms with van der Waals surface area (Å²) < 4.78 is 0. The fourth-order valence-electron chi connectivity index (χ4n) is 3.37. The zero-order valence-corrected chi connectivity index (χ0v) is 11.6. The molecule has 0 radical (unpaired) electrons. The molecule has 1 aromatic carbocycles. The molecule has 2 aliphatic heterocycles. The van der Waals surface area contributed by atoms with Gasteiger partial charge in [0.15, 0.2) is 0 Å². The van der Waals surface area contributed by atoms with Gasteiger partial charge in [-0.2, -0.15) is 0 Å². The van der Waals surface area contributed by atoms with Crippen LogP contribution >= 0.6 is 0 Å². The maximum absolute atomic E-state index is 3.52. The minimum absolute atomic E-state index is 0.566. The van der Waals surface area contributed by atoms with E-state index in [1.54, 1.807) is 0 Å². The van der Waals surface area contributed by atoms with Crippen LogP contribution in [0.2, 0.25) is 0 Å². The van der Waals surface area contributed by atoms with Crippen LogP contribution in [0.1, 0.15) is 38.2 Å². The molecule has 2 nitrogen and oxygen atoms in total. The van der Waals surface area contributed by atoms with E-state index in [1.165, 1.54) is 50.3 Å². The molecule has 2 saturated heterocycles. The Morgan fingerprint density at radius 2 is 1.94 bits per heavy atom. The zero-order valence-electron chi connectivity index (χ0n) is 11.6. The van der Waals surface area contributed by atoms with Crippen molar-refractivity contribution in [1.29, 1.82) is 0 Å². The van der Waals surface area contributed by atoms with E-state index < -0.39 is 0 Å². The summed E-state index contributed by atoms with van der Waals surface area (Å²) in [4.78, 5) is 2.57. The van der Waals surface area contributed by atoms with Gasteiger partial charge >= 0.3 is 0 Å². The molecule has 18 heavy (non-hydrogen) atoms. The summed E-state index contributed by atoms with van der Waals surface area (Å²) >= 11 is 0. The lowest BCUT2D eigenvalue weighted by atomic mass is 9.86. The summed E-state index contributed by atoms with van der Waals surface area (Å²) in [5.74, 6) is 0.628. The van der Waals surface area contributed by atoms with Gasteiger partial charge in [0.1, 0.15) is 0 Å². The lowest BCUT2D eigenvalue weighted by Gasteiger charge is -2.24. The first-order chi connectivity index (χ1) is 8.69. The zero-order chi connectivity index (χ0) is 12.6. The van der Waals surface area contributed by atoms with Crippen LogP contribution in [0.25, 0.3) is 0 Å². The second-order valence-electron chi connectivity index (χ2n) is 6.34. The maximum Gasteiger partial charge on any atom is 0.0366 e. The van der Waals surface area contributed by atoms with Crippen molar-refractivity contribution in [3.8, 4) is 0 Å². The maximum atomic E-state index is 3.52. The Morgan fingerprint density at radius 3 is 2.56 bits per heavy atom. The number of hydrogen-bond acceptors (Lipinski definition) is 2. The van der Waals surface area contributed by atoms with Crippen LogP contribution in [0.15, 0.2) is 24.3 Å². The average molecular weight is 244 g/mol. The first-order valence-electron chi connectivity index (χ1n) is 7.24. The molecule has 98 valence electrons. The van der Waals surface area contributed by atoms with Gasteiger partial charge in [0.2, 0.25) is 0 Å². The van der Waals surface area contributed by atoms with Gasteiger partial charge in [0.25, 0.3) is 0 Å². The highest BCUT2D eigenvalue weighted by molar-refractivity contribution is 5.49. The first-order valence-corrected chi connectivity index (χ1v) is 7.24. The van der Waals surface area contributed by atoms with E-state index in [0.29, 0.717) is 11.3 Å². The molecule has 1 aromatic rings. The van der Waals surface area contributed by atoms with Gasteiger partial charge in [-0.05, 0) is 43.0 Å². The van der Waals surface area contributed by atoms with Crippen molar-refractivity contribution >= 4 is 5.69 Å². The Morgan fingerprint density at radius 1 is 1.17 bits per heavy atom. The number of rotatable bonds is 2. The van der Waals surface area contributed by atoms with Crippen LogP contribution in [0, 0.1) is 5.41 Å². The van der Waals surface area contributed by atoms with Gasteiger partial charge < -0.3 is 10.2 Å². The molecule has 1 spiro atoms. The predicted octanol–water partition coefficient (Wildman–Crippen LogP) is 3.00. The molecule has 0 aromatic heterocycles. The fourth-order valence-corrected chi connectivity index (χ4v) is 3.37. The second kappa shape index (κ2) is 4.58. The summed E-state index contributed by atoms with van der Waals surface area (Å²) in [6, 6.07) is 9.18. The Balaban J connectivity index is 1.72. The van der Waals surface area contributed by atoms with Crippen LogP contribution in [0.3, 0.4) is 0 Å². The molecule has 0 aliphatic carbocycles. The van der Waals surface area contributed by atoms with E-state index in [2.05, 4.69) is 48.3 Å². The van der Waals surface area contributed by atoms with E-state index >= 15 is 0 Å². The third kappa shape index (κ3) is 2.14. The second-order valence-corrected chi connectivity index (χ2v) is 6.34. The van der Waals surface area contributed by atoms with Crippen LogP contribution in [0.5, 0.6) is 0 Å². The predicted molar refractivity (Wildman–Crippen MR) is 77.3 cm³/mol. The Kier molecular flexibility index (Phi) is 3.06. The number of nitrogens with one attached hydrogen (secondary N) is 1. The van der Waals surface area contributed by atoms with Crippen molar-refractivity contribution in [3.63, 3.8) is 0 Å². The summed E-state index contributed by atoms with van der Waals surface area (Å²) in [7, 11) is 0. The Hall–Kier alpha value is -1.02. The van der Waals surface area contributed by atoms with Crippen molar-refractivity contribution in [2.24, 2.45) is 5.41 Å². The summed E-state index contributed by atoms with van der Waals surface area (Å²) in [6.45, 7) is 9.39. The Bertz CT molecular complexity index is 402. The van der Waals surface area contributed by atoms with Crippen molar-refractivity contribution in [2.45, 2.75) is 32.6 Å². The first kappa shape index (κ1) is 12.0. The van der Waals surface area contributed by atoms with Gasteiger partial charge in [0, 0.05) is 30.7 Å². The van der Waals surface area contributed by atoms with Crippen molar-refractivity contribution < 1.29 is 0 Å². The minimum atomic E-state index is 0.566. The quantitative estimate of drug-likeness (QED) is 0.860. The highest BCUT2D eigenvalue weighted by Crippen LogP contribution is 2.38. The molecule has 2 heterocycles. The smallest absolute Gasteiger partial charge is 0.0366 e. The van der Waals surface area contributed by atoms with E-state index in [-0.39, 0.29) is 0 Å². The highest BCUT2D eigenvalue weighted by atomic mass is 15.2. The molecule has 1 N–H and O–H groups in total. The summed E-state index contributed by atoms with van der Waals surface area (Å²) in [5, 5.41) is 3.52. The largest absolute Gasteiger partial charge is 0.371 e. The van der Waals surface area contributed by atoms with E-state index in [0.717, 1.165) is 0 Å². The SMILES string of the molecule is CC(C)c1ccc(N2CCC3(CCNC3)C2)cc1. The molecule has 0 saturated carbocycles. The van der Waals surface area contributed by atoms with Gasteiger partial charge in [-0.15, -0.1) is 0 Å². The molecule has 0 bridgehead atoms. The topological polar surface area (TPSA) is 15.3 Å². The van der Waals surface area contributed by atoms with Gasteiger partial charge in [-0.25, -0.2) is 0 Å². The lowest BCUT2D eigenvalue weighted by Crippen LogP contribution is -2.29. The molecule has 1 atom stereocenters. The van der Waals surface area contributed by atoms with Crippen LogP contribution < -0.4 is 10.2 Å². The molecule has 2 fully saturated rings. The monoisotopic (exact) mass is 244 g/mol. The third-order valence-electron chi connectivity index (χ3n) is 4.70. The molecular weight excluding hydrogens is 220 g/mol. The van der Waals surface area contributed by atoms with E-state index in [4.69, 9.17) is 0 Å². The standard InChI is InChI=1S/C16H24N2/c1-13(2)14-3-5-15(6-4-14)18-10-8-16(12-18)7-9-17-11-16/h3-6,13,17H,7-12H2,1-2H3. The number of nitrogens with zero attached hydrogens (tertiary/aromatic N) is 1. The summed E-state index contributed by atoms with van der Waals surface area (Å²) in [6.07, 6.45) is 2.71. The number of hydrogen-bond donors (Lipinski definition) is 1. The van der Waals surface area contributed by atoms with Crippen LogP contribution in [-0.4, -0.2) is 26.2 Å². The third-order valence-corrected chi connectivity index (χ3v) is 4.70. The van der Waals surface area contributed by atoms with Crippen LogP contribution in [0.4, 0.5) is 5.69 Å². The molecule has 1 unspecified atom stereocenters. The minimum Gasteiger partial charge on any atom is -0.371 e. The molecule has 2 aliphatic rings. The normalized spacial score (nSPS) is 27.6. The van der Waals surface area contributed by atoms with Crippen molar-refractivity contribution in [3.05, 3.63) is 29.8 Å². The van der Waals surface area contributed by atoms with E-state index in [1.807, 2.05) is 0 Å². The average Bonchev–Trinajstić information content (AvgIpc) is 3.01. The lowest BCUT2D eigenvalue weighted by molar-refractivity contribution is 0.369. The Labute approximate surface area is 110 Å². The van der Waals surface area contributed by atoms with Gasteiger partial charge in [0.05, 0.1) is 0 Å². The van der Waals surface area contributed by atoms with Gasteiger partial charge in [-0.3, -0.25) is 0 Å². The number of anilines is 1. The van der Waals surface area contributed by atoms with E-state index in [9.17, 15) is 0 Å². The van der Waals surface area contributed by atoms with Crippen molar-refractivity contribution in [2.75, 3.05) is 31.1 Å². The molecule has 2 heteroatoms. The summed E-state index contributed by atoms with van der Waals surface area (Å²) in [5.41, 5.74) is 3.41. The molecule has 0 amide bonds. The fraction of sp³-hybridized carbons (Fsp3) is 0.625. The van der Waals surface area contributed by atoms with Crippen molar-refractivity contribution in [1.82, 2.24) is 5.32 Å².